The number of hydrogen-bond donors (Lipinski definition) is 3. The number of aromatic nitrogens is 2. The molecule has 164 valence electrons. The van der Waals surface area contributed by atoms with E-state index in [1.165, 1.54) is 6.20 Å². The highest BCUT2D eigenvalue weighted by Crippen LogP contribution is 2.35. The molecule has 7 nitrogen and oxygen atoms in total. The molecule has 30 heavy (non-hydrogen) atoms. The van der Waals surface area contributed by atoms with Crippen LogP contribution in [0.15, 0.2) is 18.3 Å². The Balaban J connectivity index is 1.39. The zero-order valence-corrected chi connectivity index (χ0v) is 16.7. The first-order chi connectivity index (χ1) is 14.3. The van der Waals surface area contributed by atoms with Crippen LogP contribution in [-0.2, 0) is 17.4 Å². The maximum Gasteiger partial charge on any atom is 0.418 e. The van der Waals surface area contributed by atoms with Crippen LogP contribution in [0.4, 0.5) is 13.2 Å². The van der Waals surface area contributed by atoms with Crippen molar-refractivity contribution in [2.45, 2.75) is 37.5 Å². The quantitative estimate of drug-likeness (QED) is 0.689. The van der Waals surface area contributed by atoms with Gasteiger partial charge in [0, 0.05) is 50.7 Å². The SMILES string of the molecule is NC(Cc1cc(C(F)(F)F)c2[nH]ncc2c1)C(=O)N1CCC(N2CCNCC2)CC1. The van der Waals surface area contributed by atoms with Crippen LogP contribution < -0.4 is 11.1 Å². The molecule has 1 atom stereocenters. The molecule has 0 spiro atoms. The van der Waals surface area contributed by atoms with Gasteiger partial charge in [-0.05, 0) is 37.0 Å². The molecule has 2 aliphatic heterocycles. The van der Waals surface area contributed by atoms with E-state index >= 15 is 0 Å². The van der Waals surface area contributed by atoms with E-state index in [-0.39, 0.29) is 17.8 Å². The fourth-order valence-corrected chi connectivity index (χ4v) is 4.54. The summed E-state index contributed by atoms with van der Waals surface area (Å²) in [4.78, 5) is 17.0. The second kappa shape index (κ2) is 8.52. The molecule has 4 N–H and O–H groups in total. The number of nitrogens with two attached hydrogens (primary N) is 1. The average Bonchev–Trinajstić information content (AvgIpc) is 3.21. The second-order valence-corrected chi connectivity index (χ2v) is 8.13. The van der Waals surface area contributed by atoms with E-state index < -0.39 is 17.8 Å². The van der Waals surface area contributed by atoms with Crippen LogP contribution in [0.2, 0.25) is 0 Å². The molecular formula is C20H27F3N6O. The van der Waals surface area contributed by atoms with E-state index in [9.17, 15) is 18.0 Å². The molecule has 2 saturated heterocycles. The van der Waals surface area contributed by atoms with Gasteiger partial charge in [0.1, 0.15) is 0 Å². The number of likely N-dealkylation sites (tertiary alicyclic amines) is 1. The number of fused-ring (bicyclic) bond motifs is 1. The fraction of sp³-hybridized carbons (Fsp3) is 0.600. The van der Waals surface area contributed by atoms with Crippen LogP contribution in [-0.4, -0.2) is 77.3 Å². The molecule has 1 aromatic heterocycles. The number of aromatic amines is 1. The molecule has 1 aromatic carbocycles. The van der Waals surface area contributed by atoms with Crippen LogP contribution in [0.25, 0.3) is 10.9 Å². The molecule has 1 amide bonds. The molecule has 0 radical (unpaired) electrons. The van der Waals surface area contributed by atoms with Crippen molar-refractivity contribution in [1.29, 1.82) is 0 Å². The summed E-state index contributed by atoms with van der Waals surface area (Å²) in [6.45, 7) is 5.30. The molecule has 2 aliphatic rings. The van der Waals surface area contributed by atoms with Gasteiger partial charge in [0.2, 0.25) is 5.91 Å². The molecule has 2 fully saturated rings. The summed E-state index contributed by atoms with van der Waals surface area (Å²) in [6.07, 6.45) is -1.31. The molecule has 10 heteroatoms. The average molecular weight is 424 g/mol. The van der Waals surface area contributed by atoms with Crippen molar-refractivity contribution >= 4 is 16.8 Å². The molecule has 0 bridgehead atoms. The summed E-state index contributed by atoms with van der Waals surface area (Å²) in [7, 11) is 0. The first-order valence-corrected chi connectivity index (χ1v) is 10.4. The summed E-state index contributed by atoms with van der Waals surface area (Å²) >= 11 is 0. The van der Waals surface area contributed by atoms with Crippen molar-refractivity contribution < 1.29 is 18.0 Å². The van der Waals surface area contributed by atoms with E-state index in [0.717, 1.165) is 45.1 Å². The number of rotatable bonds is 4. The molecule has 4 rings (SSSR count). The van der Waals surface area contributed by atoms with Gasteiger partial charge < -0.3 is 16.0 Å². The summed E-state index contributed by atoms with van der Waals surface area (Å²) < 4.78 is 40.2. The number of amides is 1. The Morgan fingerprint density at radius 3 is 2.57 bits per heavy atom. The van der Waals surface area contributed by atoms with Gasteiger partial charge in [-0.3, -0.25) is 14.8 Å². The lowest BCUT2D eigenvalue weighted by atomic mass is 9.98. The Hall–Kier alpha value is -2.17. The summed E-state index contributed by atoms with van der Waals surface area (Å²) in [5.74, 6) is -0.199. The second-order valence-electron chi connectivity index (χ2n) is 8.13. The maximum atomic E-state index is 13.4. The number of carbonyl (C=O) groups excluding carboxylic acids is 1. The van der Waals surface area contributed by atoms with Gasteiger partial charge in [-0.15, -0.1) is 0 Å². The fourth-order valence-electron chi connectivity index (χ4n) is 4.54. The largest absolute Gasteiger partial charge is 0.418 e. The van der Waals surface area contributed by atoms with Gasteiger partial charge in [0.25, 0.3) is 0 Å². The normalized spacial score (nSPS) is 20.6. The first kappa shape index (κ1) is 21.1. The molecule has 0 saturated carbocycles. The Kier molecular flexibility index (Phi) is 5.99. The molecule has 3 heterocycles. The third-order valence-corrected chi connectivity index (χ3v) is 6.13. The van der Waals surface area contributed by atoms with Crippen LogP contribution in [0, 0.1) is 0 Å². The number of piperazine rings is 1. The highest BCUT2D eigenvalue weighted by Gasteiger charge is 2.34. The van der Waals surface area contributed by atoms with E-state index in [2.05, 4.69) is 20.4 Å². The van der Waals surface area contributed by atoms with Gasteiger partial charge in [0.15, 0.2) is 0 Å². The topological polar surface area (TPSA) is 90.3 Å². The minimum absolute atomic E-state index is 0.0545. The number of hydrogen-bond acceptors (Lipinski definition) is 5. The van der Waals surface area contributed by atoms with Crippen LogP contribution in [0.5, 0.6) is 0 Å². The van der Waals surface area contributed by atoms with Crippen molar-refractivity contribution in [1.82, 2.24) is 25.3 Å². The van der Waals surface area contributed by atoms with Gasteiger partial charge in [-0.2, -0.15) is 18.3 Å². The van der Waals surface area contributed by atoms with Crippen LogP contribution in [0.3, 0.4) is 0 Å². The van der Waals surface area contributed by atoms with Gasteiger partial charge in [-0.1, -0.05) is 0 Å². The van der Waals surface area contributed by atoms with Gasteiger partial charge in [0.05, 0.1) is 23.3 Å². The van der Waals surface area contributed by atoms with Crippen molar-refractivity contribution in [3.8, 4) is 0 Å². The van der Waals surface area contributed by atoms with Crippen molar-refractivity contribution in [3.63, 3.8) is 0 Å². The standard InChI is InChI=1S/C20H27F3N6O/c21-20(22,23)16-10-13(9-14-12-26-27-18(14)16)11-17(24)19(30)29-5-1-15(2-6-29)28-7-3-25-4-8-28/h9-10,12,15,17,25H,1-8,11,24H2,(H,26,27). The summed E-state index contributed by atoms with van der Waals surface area (Å²) in [5.41, 5.74) is 5.66. The minimum atomic E-state index is -4.51. The van der Waals surface area contributed by atoms with E-state index in [1.807, 2.05) is 0 Å². The first-order valence-electron chi connectivity index (χ1n) is 10.4. The third kappa shape index (κ3) is 4.45. The minimum Gasteiger partial charge on any atom is -0.341 e. The number of benzene rings is 1. The number of H-pyrrole nitrogens is 1. The van der Waals surface area contributed by atoms with E-state index in [4.69, 9.17) is 5.73 Å². The van der Waals surface area contributed by atoms with E-state index in [0.29, 0.717) is 30.1 Å². The third-order valence-electron chi connectivity index (χ3n) is 6.13. The van der Waals surface area contributed by atoms with Gasteiger partial charge >= 0.3 is 6.18 Å². The van der Waals surface area contributed by atoms with Crippen molar-refractivity contribution in [3.05, 3.63) is 29.5 Å². The lowest BCUT2D eigenvalue weighted by molar-refractivity contribution is -0.136. The Morgan fingerprint density at radius 2 is 1.90 bits per heavy atom. The smallest absolute Gasteiger partial charge is 0.341 e. The van der Waals surface area contributed by atoms with Crippen LogP contribution >= 0.6 is 0 Å². The Bertz CT molecular complexity index is 884. The number of nitrogens with zero attached hydrogens (tertiary/aromatic N) is 3. The summed E-state index contributed by atoms with van der Waals surface area (Å²) in [5, 5.41) is 9.81. The van der Waals surface area contributed by atoms with Crippen molar-refractivity contribution in [2.24, 2.45) is 5.73 Å². The number of nitrogens with one attached hydrogen (secondary N) is 2. The predicted molar refractivity (Wildman–Crippen MR) is 107 cm³/mol. The molecule has 1 unspecified atom stereocenters. The monoisotopic (exact) mass is 424 g/mol. The van der Waals surface area contributed by atoms with E-state index in [1.54, 1.807) is 11.0 Å². The Labute approximate surface area is 172 Å². The summed E-state index contributed by atoms with van der Waals surface area (Å²) in [6, 6.07) is 2.28. The number of halogens is 3. The number of carbonyl (C=O) groups is 1. The van der Waals surface area contributed by atoms with Gasteiger partial charge in [-0.25, -0.2) is 0 Å². The molecular weight excluding hydrogens is 397 g/mol. The molecule has 0 aliphatic carbocycles. The molecule has 2 aromatic rings. The Morgan fingerprint density at radius 1 is 1.20 bits per heavy atom. The number of piperidine rings is 1. The van der Waals surface area contributed by atoms with Crippen molar-refractivity contribution in [2.75, 3.05) is 39.3 Å². The highest BCUT2D eigenvalue weighted by molar-refractivity contribution is 5.84. The van der Waals surface area contributed by atoms with Crippen LogP contribution in [0.1, 0.15) is 24.0 Å². The predicted octanol–water partition coefficient (Wildman–Crippen LogP) is 1.35. The lowest BCUT2D eigenvalue weighted by Gasteiger charge is -2.40. The lowest BCUT2D eigenvalue weighted by Crippen LogP contribution is -2.54. The zero-order chi connectivity index (χ0) is 21.3. The zero-order valence-electron chi connectivity index (χ0n) is 16.7. The number of alkyl halides is 3. The highest BCUT2D eigenvalue weighted by atomic mass is 19.4. The maximum absolute atomic E-state index is 13.4.